The van der Waals surface area contributed by atoms with Crippen LogP contribution >= 0.6 is 0 Å². The third-order valence-corrected chi connectivity index (χ3v) is 14.0. The van der Waals surface area contributed by atoms with Crippen LogP contribution in [0.4, 0.5) is 0 Å². The maximum absolute atomic E-state index is 2.89. The van der Waals surface area contributed by atoms with Gasteiger partial charge in [0.25, 0.3) is 0 Å². The van der Waals surface area contributed by atoms with Gasteiger partial charge in [0.15, 0.2) is 0 Å². The van der Waals surface area contributed by atoms with Crippen LogP contribution in [0.1, 0.15) is 6.92 Å². The summed E-state index contributed by atoms with van der Waals surface area (Å²) in [4.78, 5) is 0. The van der Waals surface area contributed by atoms with Gasteiger partial charge in [-0.2, -0.15) is 0 Å². The molecule has 20 atom stereocenters. The SMILES string of the molecule is CC12C3[C@@H]4[C@@H]5C6C7C8[C@@H]9[C@@H]6[C@@H]4C1[C@H]9[C@H]1C2[C@H]2[C@@H](C7[C@@H]5[C@@H]32)[C@H]81. The summed E-state index contributed by atoms with van der Waals surface area (Å²) in [6.45, 7) is 2.89. The second-order valence-electron chi connectivity index (χ2n) is 12.2. The van der Waals surface area contributed by atoms with Gasteiger partial charge in [0.05, 0.1) is 0 Å². The molecule has 0 aliphatic heterocycles. The Morgan fingerprint density at radius 2 is 0.524 bits per heavy atom. The fourth-order valence-electron chi connectivity index (χ4n) is 16.0. The molecule has 106 valence electrons. The monoisotopic (exact) mass is 274 g/mol. The van der Waals surface area contributed by atoms with Crippen molar-refractivity contribution in [1.82, 2.24) is 0 Å². The molecule has 8 unspecified atom stereocenters. The van der Waals surface area contributed by atoms with Crippen LogP contribution in [0.15, 0.2) is 0 Å². The normalized spacial score (nSPS) is 107. The fraction of sp³-hybridized carbons (Fsp3) is 1.00. The van der Waals surface area contributed by atoms with Crippen molar-refractivity contribution in [2.45, 2.75) is 6.92 Å². The Morgan fingerprint density at radius 3 is 0.762 bits per heavy atom. The van der Waals surface area contributed by atoms with Crippen LogP contribution in [0.25, 0.3) is 0 Å². The molecule has 0 bridgehead atoms. The van der Waals surface area contributed by atoms with Gasteiger partial charge in [-0.1, -0.05) is 6.92 Å². The summed E-state index contributed by atoms with van der Waals surface area (Å²) in [6.07, 6.45) is 0. The fourth-order valence-corrected chi connectivity index (χ4v) is 16.0. The smallest absolute Gasteiger partial charge is 0.0224 e. The van der Waals surface area contributed by atoms with E-state index >= 15 is 0 Å². The zero-order valence-electron chi connectivity index (χ0n) is 12.5. The van der Waals surface area contributed by atoms with E-state index in [-0.39, 0.29) is 0 Å². The van der Waals surface area contributed by atoms with E-state index in [1.54, 1.807) is 0 Å². The van der Waals surface area contributed by atoms with Gasteiger partial charge in [-0.15, -0.1) is 0 Å². The second kappa shape index (κ2) is 1.82. The van der Waals surface area contributed by atoms with Crippen molar-refractivity contribution in [2.75, 3.05) is 0 Å². The summed E-state index contributed by atoms with van der Waals surface area (Å²) in [5.41, 5.74) is 0.901. The Morgan fingerprint density at radius 1 is 0.333 bits per heavy atom. The molecular formula is C21H22. The van der Waals surface area contributed by atoms with Crippen molar-refractivity contribution >= 4 is 0 Å². The van der Waals surface area contributed by atoms with Gasteiger partial charge in [0, 0.05) is 0 Å². The molecule has 0 N–H and O–H groups in total. The van der Waals surface area contributed by atoms with Crippen molar-refractivity contribution in [3.05, 3.63) is 0 Å². The van der Waals surface area contributed by atoms with Crippen LogP contribution in [0.5, 0.6) is 0 Å². The van der Waals surface area contributed by atoms with Crippen LogP contribution in [0.3, 0.4) is 0 Å². The Bertz CT molecular complexity index is 605. The van der Waals surface area contributed by atoms with Crippen LogP contribution in [0, 0.1) is 118 Å². The number of hydrogen-bond acceptors (Lipinski definition) is 0. The Balaban J connectivity index is 1.49. The molecular weight excluding hydrogens is 252 g/mol. The van der Waals surface area contributed by atoms with Crippen molar-refractivity contribution < 1.29 is 0 Å². The van der Waals surface area contributed by atoms with E-state index in [0.717, 1.165) is 5.41 Å². The molecule has 12 saturated carbocycles. The first-order chi connectivity index (χ1) is 10.4. The van der Waals surface area contributed by atoms with E-state index in [1.165, 1.54) is 112 Å². The van der Waals surface area contributed by atoms with Crippen molar-refractivity contribution in [3.8, 4) is 0 Å². The molecule has 0 nitrogen and oxygen atoms in total. The van der Waals surface area contributed by atoms with Gasteiger partial charge in [-0.25, -0.2) is 0 Å². The van der Waals surface area contributed by atoms with E-state index in [1.807, 2.05) is 0 Å². The lowest BCUT2D eigenvalue weighted by molar-refractivity contribution is 0.104. The van der Waals surface area contributed by atoms with E-state index in [4.69, 9.17) is 0 Å². The van der Waals surface area contributed by atoms with Crippen molar-refractivity contribution in [3.63, 3.8) is 0 Å². The molecule has 0 saturated heterocycles. The number of hydrogen-bond donors (Lipinski definition) is 0. The minimum Gasteiger partial charge on any atom is -0.0588 e. The highest BCUT2D eigenvalue weighted by Crippen LogP contribution is 3.04. The van der Waals surface area contributed by atoms with Crippen molar-refractivity contribution in [2.24, 2.45) is 118 Å². The van der Waals surface area contributed by atoms with E-state index < -0.39 is 0 Å². The maximum atomic E-state index is 2.89. The average molecular weight is 274 g/mol. The average Bonchev–Trinajstić information content (AvgIpc) is 3.10. The van der Waals surface area contributed by atoms with Gasteiger partial charge in [0.1, 0.15) is 0 Å². The molecule has 21 heavy (non-hydrogen) atoms. The highest BCUT2D eigenvalue weighted by Gasteiger charge is 3.01. The zero-order valence-corrected chi connectivity index (χ0v) is 12.5. The summed E-state index contributed by atoms with van der Waals surface area (Å²) >= 11 is 0. The first-order valence-electron chi connectivity index (χ1n) is 10.4. The zero-order chi connectivity index (χ0) is 12.5. The Labute approximate surface area is 125 Å². The summed E-state index contributed by atoms with van der Waals surface area (Å²) in [7, 11) is 0. The minimum absolute atomic E-state index is 0.901. The molecule has 12 aliphatic carbocycles. The summed E-state index contributed by atoms with van der Waals surface area (Å²) in [6, 6.07) is 0. The van der Waals surface area contributed by atoms with E-state index in [9.17, 15) is 0 Å². The first-order valence-corrected chi connectivity index (χ1v) is 10.4. The van der Waals surface area contributed by atoms with E-state index in [0.29, 0.717) is 0 Å². The predicted octanol–water partition coefficient (Wildman–Crippen LogP) is 2.85. The number of rotatable bonds is 0. The summed E-state index contributed by atoms with van der Waals surface area (Å²) < 4.78 is 0. The van der Waals surface area contributed by atoms with Crippen molar-refractivity contribution in [1.29, 1.82) is 0 Å². The third kappa shape index (κ3) is 0.408. The second-order valence-corrected chi connectivity index (χ2v) is 12.2. The molecule has 0 aromatic carbocycles. The third-order valence-electron chi connectivity index (χ3n) is 14.0. The predicted molar refractivity (Wildman–Crippen MR) is 74.4 cm³/mol. The molecule has 0 amide bonds. The molecule has 12 fully saturated rings. The van der Waals surface area contributed by atoms with Gasteiger partial charge < -0.3 is 0 Å². The maximum Gasteiger partial charge on any atom is -0.0224 e. The molecule has 0 aromatic heterocycles. The van der Waals surface area contributed by atoms with Crippen LogP contribution < -0.4 is 0 Å². The van der Waals surface area contributed by atoms with Crippen LogP contribution in [-0.4, -0.2) is 0 Å². The Kier molecular flexibility index (Phi) is 0.757. The lowest BCUT2D eigenvalue weighted by Gasteiger charge is -2.36. The quantitative estimate of drug-likeness (QED) is 0.637. The van der Waals surface area contributed by atoms with Gasteiger partial charge >= 0.3 is 0 Å². The van der Waals surface area contributed by atoms with E-state index in [2.05, 4.69) is 6.92 Å². The Hall–Kier alpha value is 0. The van der Waals surface area contributed by atoms with Gasteiger partial charge in [-0.05, 0) is 118 Å². The summed E-state index contributed by atoms with van der Waals surface area (Å²) in [5, 5.41) is 0. The minimum atomic E-state index is 0.901. The molecule has 0 heteroatoms. The lowest BCUT2D eigenvalue weighted by Crippen LogP contribution is -2.33. The van der Waals surface area contributed by atoms with Gasteiger partial charge in [-0.3, -0.25) is 0 Å². The molecule has 0 radical (unpaired) electrons. The highest BCUT2D eigenvalue weighted by molar-refractivity contribution is 5.47. The topological polar surface area (TPSA) is 0 Å². The van der Waals surface area contributed by atoms with Crippen LogP contribution in [-0.2, 0) is 0 Å². The largest absolute Gasteiger partial charge is 0.0588 e. The first kappa shape index (κ1) is 8.74. The van der Waals surface area contributed by atoms with Crippen LogP contribution in [0.2, 0.25) is 0 Å². The molecule has 12 aliphatic rings. The lowest BCUT2D eigenvalue weighted by atomic mass is 9.68. The molecule has 0 spiro atoms. The standard InChI is InChI=1S/C21H22/c1-21-18-12-6-3-2-4-8(6)14(18)16-10(4)11-5(2)9-7(3)13(12)19(21)15(9)17(11)20(16)21/h2-20H,1H3/t2?,3?,4?,5?,6-,7-,8-,9+,10+,11+,12-,13+,14-,15+,16+,17-,18?,19?,20?,21?/m0/s1. The highest BCUT2D eigenvalue weighted by atomic mass is 15.0. The van der Waals surface area contributed by atoms with Gasteiger partial charge in [0.2, 0.25) is 0 Å². The molecule has 0 aromatic rings. The molecule has 12 rings (SSSR count). The molecule has 0 heterocycles. The summed E-state index contributed by atoms with van der Waals surface area (Å²) in [5.74, 6) is 24.8.